The van der Waals surface area contributed by atoms with Crippen LogP contribution in [-0.4, -0.2) is 4.98 Å². The van der Waals surface area contributed by atoms with E-state index in [2.05, 4.69) is 126 Å². The van der Waals surface area contributed by atoms with Gasteiger partial charge in [-0.05, 0) is 58.1 Å². The van der Waals surface area contributed by atoms with Crippen LogP contribution in [-0.2, 0) is 15.9 Å². The fourth-order valence-corrected chi connectivity index (χ4v) is 4.62. The molecule has 2 radical (unpaired) electrons. The van der Waals surface area contributed by atoms with Crippen molar-refractivity contribution in [2.75, 3.05) is 9.80 Å². The molecule has 1 aliphatic heterocycles. The van der Waals surface area contributed by atoms with Gasteiger partial charge in [-0.1, -0.05) is 103 Å². The first-order chi connectivity index (χ1) is 18.5. The van der Waals surface area contributed by atoms with E-state index in [0.717, 1.165) is 0 Å². The van der Waals surface area contributed by atoms with Crippen LogP contribution < -0.4 is 9.80 Å². The molecule has 1 aliphatic rings. The van der Waals surface area contributed by atoms with Gasteiger partial charge < -0.3 is 9.80 Å². The summed E-state index contributed by atoms with van der Waals surface area (Å²) >= 11 is 5.37. The number of nitrogens with zero attached hydrogens (tertiary/aromatic N) is 3. The predicted molar refractivity (Wildman–Crippen MR) is 168 cm³/mol. The van der Waals surface area contributed by atoms with Crippen molar-refractivity contribution >= 4 is 42.0 Å². The summed E-state index contributed by atoms with van der Waals surface area (Å²) < 4.78 is 0. The molecule has 0 atom stereocenters. The van der Waals surface area contributed by atoms with Crippen molar-refractivity contribution in [3.8, 4) is 0 Å². The minimum absolute atomic E-state index is 0.106. The minimum atomic E-state index is -0.106. The van der Waals surface area contributed by atoms with Crippen LogP contribution in [0.3, 0.4) is 0 Å². The van der Waals surface area contributed by atoms with Crippen molar-refractivity contribution in [1.29, 1.82) is 0 Å². The van der Waals surface area contributed by atoms with Crippen LogP contribution in [0.5, 0.6) is 0 Å². The van der Waals surface area contributed by atoms with Crippen molar-refractivity contribution in [3.05, 3.63) is 107 Å². The molecule has 0 unspecified atom stereocenters. The van der Waals surface area contributed by atoms with Gasteiger partial charge in [0, 0.05) is 24.8 Å². The van der Waals surface area contributed by atoms with Crippen LogP contribution in [0.1, 0.15) is 101 Å². The predicted octanol–water partition coefficient (Wildman–Crippen LogP) is 11.1. The van der Waals surface area contributed by atoms with Gasteiger partial charge in [0.2, 0.25) is 6.67 Å². The molecule has 3 aromatic rings. The first kappa shape index (κ1) is 33.7. The molecule has 3 nitrogen and oxygen atoms in total. The fraction of sp³-hybridized carbons (Fsp3) is 0.375. The molecule has 0 saturated heterocycles. The van der Waals surface area contributed by atoms with E-state index in [1.807, 2.05) is 0 Å². The average molecular weight is 679 g/mol. The van der Waals surface area contributed by atoms with Crippen molar-refractivity contribution in [3.63, 3.8) is 0 Å². The second-order valence-electron chi connectivity index (χ2n) is 10.5. The molecule has 0 N–H and O–H groups in total. The molecule has 214 valence electrons. The summed E-state index contributed by atoms with van der Waals surface area (Å²) in [5.74, 6) is 1.84. The third-order valence-corrected chi connectivity index (χ3v) is 6.60. The van der Waals surface area contributed by atoms with Gasteiger partial charge in [-0.25, -0.2) is 0 Å². The van der Waals surface area contributed by atoms with Gasteiger partial charge in [0.05, 0.1) is 16.4 Å². The number of aromatic nitrogens is 1. The Morgan fingerprint density at radius 1 is 0.641 bits per heavy atom. The molecular weight excluding hydrogens is 639 g/mol. The third kappa shape index (κ3) is 9.52. The zero-order valence-electron chi connectivity index (χ0n) is 24.0. The van der Waals surface area contributed by atoms with Crippen molar-refractivity contribution in [2.24, 2.45) is 0 Å². The fourth-order valence-electron chi connectivity index (χ4n) is 4.49. The molecule has 2 heterocycles. The molecule has 0 amide bonds. The van der Waals surface area contributed by atoms with E-state index in [-0.39, 0.29) is 15.9 Å². The summed E-state index contributed by atoms with van der Waals surface area (Å²) in [5.41, 5.74) is 8.05. The first-order valence-corrected chi connectivity index (χ1v) is 17.6. The van der Waals surface area contributed by atoms with Gasteiger partial charge in [0.1, 0.15) is 0 Å². The summed E-state index contributed by atoms with van der Waals surface area (Å²) in [4.78, 5) is 8.15. The van der Waals surface area contributed by atoms with E-state index in [9.17, 15) is 0 Å². The number of rotatable bonds is 6. The van der Waals surface area contributed by atoms with Gasteiger partial charge in [-0.3, -0.25) is 4.98 Å². The molecule has 7 heteroatoms. The Morgan fingerprint density at radius 3 is 1.23 bits per heavy atom. The van der Waals surface area contributed by atoms with Crippen LogP contribution in [0.4, 0.5) is 11.4 Å². The number of hydrogen-bond acceptors (Lipinski definition) is 3. The van der Waals surface area contributed by atoms with Gasteiger partial charge >= 0.3 is 35.0 Å². The van der Waals surface area contributed by atoms with Gasteiger partial charge in [-0.2, -0.15) is 0 Å². The van der Waals surface area contributed by atoms with E-state index in [0.29, 0.717) is 28.7 Å². The Morgan fingerprint density at radius 2 is 1.00 bits per heavy atom. The number of benzene rings is 2. The van der Waals surface area contributed by atoms with E-state index in [1.54, 1.807) is 24.5 Å². The molecule has 0 aliphatic carbocycles. The Kier molecular flexibility index (Phi) is 14.4. The number of hydrogen-bond donors (Lipinski definition) is 0. The monoisotopic (exact) mass is 677 g/mol. The molecule has 4 rings (SSSR count). The Balaban J connectivity index is 0.000000450. The Labute approximate surface area is 257 Å². The number of para-hydroxylation sites is 2. The van der Waals surface area contributed by atoms with Crippen LogP contribution >= 0.6 is 30.7 Å². The van der Waals surface area contributed by atoms with E-state index in [4.69, 9.17) is 30.7 Å². The van der Waals surface area contributed by atoms with Crippen molar-refractivity contribution in [2.45, 2.75) is 79.1 Å². The molecule has 0 bridgehead atoms. The molecule has 0 fully saturated rings. The topological polar surface area (TPSA) is 19.4 Å². The average Bonchev–Trinajstić information content (AvgIpc) is 3.38. The third-order valence-electron chi connectivity index (χ3n) is 6.37. The quantitative estimate of drug-likeness (QED) is 0.242. The summed E-state index contributed by atoms with van der Waals surface area (Å²) in [6.45, 7) is 21.8. The zero-order valence-corrected chi connectivity index (χ0v) is 27.9. The maximum atomic E-state index is 5.48. The molecule has 0 saturated carbocycles. The van der Waals surface area contributed by atoms with Gasteiger partial charge in [0.25, 0.3) is 0 Å². The van der Waals surface area contributed by atoms with Crippen molar-refractivity contribution < 1.29 is 15.9 Å². The normalized spacial score (nSPS) is 12.8. The SMILES string of the molecule is CC(C)c1cccc(C(C)C)c1N1[C]N(c2c(C(C)C)cccc2C(C)C)C=C1.Clc1cccnc1.[Cl][Pd][Cl]. The number of halogens is 3. The zero-order chi connectivity index (χ0) is 29.1. The van der Waals surface area contributed by atoms with Crippen LogP contribution in [0.2, 0.25) is 5.02 Å². The Bertz CT molecular complexity index is 1060. The van der Waals surface area contributed by atoms with Crippen LogP contribution in [0, 0.1) is 6.67 Å². The van der Waals surface area contributed by atoms with Crippen LogP contribution in [0.25, 0.3) is 0 Å². The first-order valence-electron chi connectivity index (χ1n) is 13.2. The molecule has 2 aromatic carbocycles. The molecular formula is C32H40Cl3N3Pd. The summed E-state index contributed by atoms with van der Waals surface area (Å²) in [7, 11) is 9.63. The molecule has 1 aromatic heterocycles. The summed E-state index contributed by atoms with van der Waals surface area (Å²) in [6, 6.07) is 17.0. The van der Waals surface area contributed by atoms with E-state index in [1.165, 1.54) is 33.6 Å². The number of pyridine rings is 1. The van der Waals surface area contributed by atoms with Gasteiger partial charge in [-0.15, -0.1) is 0 Å². The summed E-state index contributed by atoms with van der Waals surface area (Å²) in [5, 5.41) is 0.683. The second-order valence-corrected chi connectivity index (χ2v) is 13.3. The molecule has 0 spiro atoms. The number of anilines is 2. The van der Waals surface area contributed by atoms with E-state index < -0.39 is 0 Å². The van der Waals surface area contributed by atoms with E-state index >= 15 is 0 Å². The summed E-state index contributed by atoms with van der Waals surface area (Å²) in [6.07, 6.45) is 7.61. The van der Waals surface area contributed by atoms with Crippen LogP contribution in [0.15, 0.2) is 73.3 Å². The molecule has 39 heavy (non-hydrogen) atoms. The van der Waals surface area contributed by atoms with Gasteiger partial charge in [0.15, 0.2) is 0 Å². The Hall–Kier alpha value is -1.54. The van der Waals surface area contributed by atoms with Crippen molar-refractivity contribution in [1.82, 2.24) is 4.98 Å². The maximum absolute atomic E-state index is 5.48. The second kappa shape index (κ2) is 16.7. The standard InChI is InChI=1S/C27H36N2.C5H4ClN.2ClH.Pd/c1-18(2)22-11-9-12-23(19(3)4)26(22)28-15-16-29(17-28)27-24(20(5)6)13-10-14-25(27)21(7)8;6-5-2-1-3-7-4-5;;;/h9-16,18-21H,1-8H3;1-4H;2*1H;/q;;;;+2/p-2.